The van der Waals surface area contributed by atoms with Gasteiger partial charge in [-0.2, -0.15) is 0 Å². The van der Waals surface area contributed by atoms with Gasteiger partial charge in [-0.3, -0.25) is 14.4 Å². The van der Waals surface area contributed by atoms with Crippen molar-refractivity contribution in [3.63, 3.8) is 0 Å². The summed E-state index contributed by atoms with van der Waals surface area (Å²) in [4.78, 5) is 37.5. The number of carbonyl (C=O) groups excluding carboxylic acids is 3. The van der Waals surface area contributed by atoms with Gasteiger partial charge in [0.1, 0.15) is 0 Å². The van der Waals surface area contributed by atoms with Gasteiger partial charge in [-0.25, -0.2) is 0 Å². The van der Waals surface area contributed by atoms with Crippen LogP contribution >= 0.6 is 23.1 Å². The molecule has 0 fully saturated rings. The second kappa shape index (κ2) is 9.54. The molecule has 0 spiro atoms. The molecule has 5 nitrogen and oxygen atoms in total. The highest BCUT2D eigenvalue weighted by molar-refractivity contribution is 8.00. The Morgan fingerprint density at radius 2 is 1.69 bits per heavy atom. The number of nitrogens with one attached hydrogen (secondary N) is 2. The molecular weight excluding hydrogens is 404 g/mol. The van der Waals surface area contributed by atoms with Gasteiger partial charge in [0.15, 0.2) is 5.78 Å². The lowest BCUT2D eigenvalue weighted by Crippen LogP contribution is -2.22. The highest BCUT2D eigenvalue weighted by Gasteiger charge is 2.15. The summed E-state index contributed by atoms with van der Waals surface area (Å²) in [5.41, 5.74) is 1.93. The Morgan fingerprint density at radius 1 is 0.931 bits per heavy atom. The number of hydrogen-bond donors (Lipinski definition) is 2. The molecule has 148 valence electrons. The molecule has 0 aliphatic heterocycles. The van der Waals surface area contributed by atoms with E-state index in [9.17, 15) is 14.4 Å². The van der Waals surface area contributed by atoms with Gasteiger partial charge in [0.2, 0.25) is 5.91 Å². The third-order valence-electron chi connectivity index (χ3n) is 4.08. The standard InChI is InChI=1S/C22H20N2O3S2/c1-14(25)16-8-10-17(11-9-16)23-21(26)15(2)29-19-6-3-5-18(13-19)24-22(27)20-7-4-12-28-20/h3-13,15H,1-2H3,(H,23,26)(H,24,27). The van der Waals surface area contributed by atoms with Crippen LogP contribution in [0, 0.1) is 0 Å². The van der Waals surface area contributed by atoms with E-state index in [1.54, 1.807) is 30.3 Å². The van der Waals surface area contributed by atoms with E-state index in [1.165, 1.54) is 30.0 Å². The second-order valence-corrected chi connectivity index (χ2v) is 8.70. The molecule has 29 heavy (non-hydrogen) atoms. The minimum atomic E-state index is -0.342. The maximum atomic E-state index is 12.5. The molecule has 0 aliphatic rings. The molecule has 7 heteroatoms. The van der Waals surface area contributed by atoms with Crippen LogP contribution in [-0.4, -0.2) is 22.8 Å². The van der Waals surface area contributed by atoms with E-state index in [2.05, 4.69) is 10.6 Å². The van der Waals surface area contributed by atoms with Crippen molar-refractivity contribution in [2.45, 2.75) is 24.0 Å². The number of ketones is 1. The summed E-state index contributed by atoms with van der Waals surface area (Å²) in [6, 6.07) is 17.8. The predicted octanol–water partition coefficient (Wildman–Crippen LogP) is 5.32. The lowest BCUT2D eigenvalue weighted by atomic mass is 10.1. The average Bonchev–Trinajstić information content (AvgIpc) is 3.23. The van der Waals surface area contributed by atoms with Crippen LogP contribution < -0.4 is 10.6 Å². The molecule has 0 saturated carbocycles. The molecule has 0 bridgehead atoms. The Bertz CT molecular complexity index is 1010. The fourth-order valence-corrected chi connectivity index (χ4v) is 4.08. The highest BCUT2D eigenvalue weighted by atomic mass is 32.2. The molecule has 0 radical (unpaired) electrons. The van der Waals surface area contributed by atoms with Gasteiger partial charge in [-0.1, -0.05) is 12.1 Å². The Labute approximate surface area is 177 Å². The van der Waals surface area contributed by atoms with Gasteiger partial charge in [-0.05, 0) is 67.8 Å². The van der Waals surface area contributed by atoms with E-state index in [0.717, 1.165) is 4.90 Å². The lowest BCUT2D eigenvalue weighted by molar-refractivity contribution is -0.115. The number of anilines is 2. The first-order chi connectivity index (χ1) is 13.9. The minimum absolute atomic E-state index is 0.0159. The van der Waals surface area contributed by atoms with Gasteiger partial charge >= 0.3 is 0 Å². The van der Waals surface area contributed by atoms with Gasteiger partial charge < -0.3 is 10.6 Å². The van der Waals surface area contributed by atoms with Crippen molar-refractivity contribution in [1.82, 2.24) is 0 Å². The number of Topliss-reactive ketones (excluding diaryl/α,β-unsaturated/α-hetero) is 1. The molecule has 0 saturated heterocycles. The first-order valence-electron chi connectivity index (χ1n) is 8.96. The molecule has 0 aliphatic carbocycles. The Kier molecular flexibility index (Phi) is 6.85. The van der Waals surface area contributed by atoms with Crippen molar-refractivity contribution in [2.75, 3.05) is 10.6 Å². The first kappa shape index (κ1) is 20.8. The Balaban J connectivity index is 1.59. The summed E-state index contributed by atoms with van der Waals surface area (Å²) in [7, 11) is 0. The van der Waals surface area contributed by atoms with Crippen LogP contribution in [0.15, 0.2) is 70.9 Å². The molecule has 3 aromatic rings. The molecule has 3 rings (SSSR count). The number of rotatable bonds is 7. The molecular formula is C22H20N2O3S2. The van der Waals surface area contributed by atoms with Crippen LogP contribution in [0.3, 0.4) is 0 Å². The normalized spacial score (nSPS) is 11.5. The summed E-state index contributed by atoms with van der Waals surface area (Å²) in [6.07, 6.45) is 0. The van der Waals surface area contributed by atoms with Crippen LogP contribution in [-0.2, 0) is 4.79 Å². The van der Waals surface area contributed by atoms with Crippen molar-refractivity contribution >= 4 is 52.1 Å². The molecule has 2 N–H and O–H groups in total. The van der Waals surface area contributed by atoms with E-state index in [-0.39, 0.29) is 22.8 Å². The average molecular weight is 425 g/mol. The van der Waals surface area contributed by atoms with Gasteiger partial charge in [0, 0.05) is 21.8 Å². The fourth-order valence-electron chi connectivity index (χ4n) is 2.54. The first-order valence-corrected chi connectivity index (χ1v) is 10.7. The number of carbonyl (C=O) groups is 3. The van der Waals surface area contributed by atoms with Crippen molar-refractivity contribution in [3.8, 4) is 0 Å². The number of hydrogen-bond acceptors (Lipinski definition) is 5. The highest BCUT2D eigenvalue weighted by Crippen LogP contribution is 2.27. The Morgan fingerprint density at radius 3 is 2.34 bits per heavy atom. The molecule has 2 aromatic carbocycles. The third kappa shape index (κ3) is 5.79. The van der Waals surface area contributed by atoms with Gasteiger partial charge in [0.05, 0.1) is 10.1 Å². The molecule has 2 amide bonds. The molecule has 1 aromatic heterocycles. The fraction of sp³-hybridized carbons (Fsp3) is 0.136. The summed E-state index contributed by atoms with van der Waals surface area (Å²) < 4.78 is 0. The quantitative estimate of drug-likeness (QED) is 0.397. The van der Waals surface area contributed by atoms with Crippen molar-refractivity contribution in [3.05, 3.63) is 76.5 Å². The van der Waals surface area contributed by atoms with E-state index in [0.29, 0.717) is 21.8 Å². The van der Waals surface area contributed by atoms with Gasteiger partial charge in [0.25, 0.3) is 5.91 Å². The van der Waals surface area contributed by atoms with E-state index < -0.39 is 0 Å². The number of thioether (sulfide) groups is 1. The zero-order valence-corrected chi connectivity index (χ0v) is 17.6. The molecule has 1 atom stereocenters. The minimum Gasteiger partial charge on any atom is -0.325 e. The van der Waals surface area contributed by atoms with E-state index >= 15 is 0 Å². The summed E-state index contributed by atoms with van der Waals surface area (Å²) in [5.74, 6) is -0.307. The summed E-state index contributed by atoms with van der Waals surface area (Å²) in [6.45, 7) is 3.32. The van der Waals surface area contributed by atoms with E-state index in [1.807, 2.05) is 42.6 Å². The van der Waals surface area contributed by atoms with Crippen molar-refractivity contribution in [1.29, 1.82) is 0 Å². The van der Waals surface area contributed by atoms with Crippen LogP contribution in [0.25, 0.3) is 0 Å². The number of benzene rings is 2. The second-order valence-electron chi connectivity index (χ2n) is 6.34. The third-order valence-corrected chi connectivity index (χ3v) is 6.04. The van der Waals surface area contributed by atoms with Crippen LogP contribution in [0.5, 0.6) is 0 Å². The zero-order valence-electron chi connectivity index (χ0n) is 16.0. The monoisotopic (exact) mass is 424 g/mol. The zero-order chi connectivity index (χ0) is 20.8. The summed E-state index contributed by atoms with van der Waals surface area (Å²) in [5, 5.41) is 7.24. The van der Waals surface area contributed by atoms with Crippen LogP contribution in [0.4, 0.5) is 11.4 Å². The smallest absolute Gasteiger partial charge is 0.265 e. The van der Waals surface area contributed by atoms with Crippen LogP contribution in [0.1, 0.15) is 33.9 Å². The topological polar surface area (TPSA) is 75.3 Å². The number of thiophene rings is 1. The SMILES string of the molecule is CC(=O)c1ccc(NC(=O)C(C)Sc2cccc(NC(=O)c3cccs3)c2)cc1. The maximum absolute atomic E-state index is 12.5. The van der Waals surface area contributed by atoms with Gasteiger partial charge in [-0.15, -0.1) is 23.1 Å². The van der Waals surface area contributed by atoms with Crippen molar-refractivity contribution < 1.29 is 14.4 Å². The molecule has 1 unspecified atom stereocenters. The van der Waals surface area contributed by atoms with Crippen molar-refractivity contribution in [2.24, 2.45) is 0 Å². The summed E-state index contributed by atoms with van der Waals surface area (Å²) >= 11 is 2.79. The largest absolute Gasteiger partial charge is 0.325 e. The van der Waals surface area contributed by atoms with Crippen LogP contribution in [0.2, 0.25) is 0 Å². The number of amides is 2. The molecule has 1 heterocycles. The lowest BCUT2D eigenvalue weighted by Gasteiger charge is -2.13. The van der Waals surface area contributed by atoms with E-state index in [4.69, 9.17) is 0 Å². The predicted molar refractivity (Wildman–Crippen MR) is 119 cm³/mol. The Hall–Kier alpha value is -2.90. The maximum Gasteiger partial charge on any atom is 0.265 e.